The van der Waals surface area contributed by atoms with Crippen molar-refractivity contribution in [1.29, 1.82) is 0 Å². The summed E-state index contributed by atoms with van der Waals surface area (Å²) in [7, 11) is 0. The van der Waals surface area contributed by atoms with Crippen molar-refractivity contribution in [3.05, 3.63) is 71.8 Å². The van der Waals surface area contributed by atoms with Gasteiger partial charge in [-0.15, -0.1) is 0 Å². The third-order valence-electron chi connectivity index (χ3n) is 3.36. The van der Waals surface area contributed by atoms with Crippen LogP contribution in [-0.2, 0) is 6.61 Å². The first-order valence-electron chi connectivity index (χ1n) is 6.64. The van der Waals surface area contributed by atoms with Gasteiger partial charge in [0.1, 0.15) is 11.5 Å². The zero-order valence-electron chi connectivity index (χ0n) is 11.3. The van der Waals surface area contributed by atoms with Gasteiger partial charge in [0.15, 0.2) is 0 Å². The molecule has 0 saturated carbocycles. The highest BCUT2D eigenvalue weighted by Gasteiger charge is 2.07. The van der Waals surface area contributed by atoms with Gasteiger partial charge in [0.2, 0.25) is 0 Å². The van der Waals surface area contributed by atoms with Crippen LogP contribution in [-0.4, -0.2) is 5.11 Å². The SMILES string of the molecule is Cc1ccc(Oc2cccc3ccccc23)c(CO)c1. The number of aryl methyl sites for hydroxylation is 1. The van der Waals surface area contributed by atoms with Crippen LogP contribution >= 0.6 is 0 Å². The van der Waals surface area contributed by atoms with Gasteiger partial charge in [-0.2, -0.15) is 0 Å². The first-order chi connectivity index (χ1) is 9.78. The summed E-state index contributed by atoms with van der Waals surface area (Å²) in [5, 5.41) is 11.7. The van der Waals surface area contributed by atoms with Crippen LogP contribution in [0.25, 0.3) is 10.8 Å². The van der Waals surface area contributed by atoms with Crippen LogP contribution in [0.3, 0.4) is 0 Å². The second kappa shape index (κ2) is 5.35. The van der Waals surface area contributed by atoms with Crippen molar-refractivity contribution in [3.8, 4) is 11.5 Å². The Labute approximate surface area is 118 Å². The molecule has 1 N–H and O–H groups in total. The molecule has 0 atom stereocenters. The van der Waals surface area contributed by atoms with E-state index in [1.54, 1.807) is 0 Å². The zero-order valence-corrected chi connectivity index (χ0v) is 11.3. The highest BCUT2D eigenvalue weighted by molar-refractivity contribution is 5.88. The number of benzene rings is 3. The van der Waals surface area contributed by atoms with Gasteiger partial charge in [0.25, 0.3) is 0 Å². The standard InChI is InChI=1S/C18H16O2/c1-13-9-10-17(15(11-13)12-19)20-18-8-4-6-14-5-2-3-7-16(14)18/h2-11,19H,12H2,1H3. The highest BCUT2D eigenvalue weighted by atomic mass is 16.5. The van der Waals surface area contributed by atoms with Crippen LogP contribution in [0.5, 0.6) is 11.5 Å². The quantitative estimate of drug-likeness (QED) is 0.758. The third kappa shape index (κ3) is 2.38. The molecule has 100 valence electrons. The van der Waals surface area contributed by atoms with Gasteiger partial charge in [-0.25, -0.2) is 0 Å². The van der Waals surface area contributed by atoms with Crippen LogP contribution in [0.2, 0.25) is 0 Å². The summed E-state index contributed by atoms with van der Waals surface area (Å²) >= 11 is 0. The molecule has 0 bridgehead atoms. The second-order valence-electron chi connectivity index (χ2n) is 4.85. The number of fused-ring (bicyclic) bond motifs is 1. The number of aliphatic hydroxyl groups excluding tert-OH is 1. The molecule has 0 aliphatic heterocycles. The van der Waals surface area contributed by atoms with E-state index in [0.29, 0.717) is 5.75 Å². The molecule has 0 spiro atoms. The van der Waals surface area contributed by atoms with Gasteiger partial charge in [-0.3, -0.25) is 0 Å². The Morgan fingerprint density at radius 2 is 1.70 bits per heavy atom. The summed E-state index contributed by atoms with van der Waals surface area (Å²) in [6.07, 6.45) is 0. The summed E-state index contributed by atoms with van der Waals surface area (Å²) in [6.45, 7) is 1.97. The second-order valence-corrected chi connectivity index (χ2v) is 4.85. The summed E-state index contributed by atoms with van der Waals surface area (Å²) in [4.78, 5) is 0. The number of hydrogen-bond acceptors (Lipinski definition) is 2. The van der Waals surface area contributed by atoms with Crippen molar-refractivity contribution in [2.45, 2.75) is 13.5 Å². The number of rotatable bonds is 3. The van der Waals surface area contributed by atoms with Crippen LogP contribution in [0, 0.1) is 6.92 Å². The van der Waals surface area contributed by atoms with E-state index in [9.17, 15) is 5.11 Å². The highest BCUT2D eigenvalue weighted by Crippen LogP contribution is 2.31. The Balaban J connectivity index is 2.05. The normalized spacial score (nSPS) is 10.7. The molecule has 2 nitrogen and oxygen atoms in total. The van der Waals surface area contributed by atoms with Gasteiger partial charge >= 0.3 is 0 Å². The Morgan fingerprint density at radius 1 is 0.900 bits per heavy atom. The molecule has 0 unspecified atom stereocenters. The first-order valence-corrected chi connectivity index (χ1v) is 6.64. The largest absolute Gasteiger partial charge is 0.456 e. The molecule has 0 fully saturated rings. The maximum absolute atomic E-state index is 9.45. The van der Waals surface area contributed by atoms with Crippen LogP contribution in [0.1, 0.15) is 11.1 Å². The summed E-state index contributed by atoms with van der Waals surface area (Å²) in [5.74, 6) is 1.51. The van der Waals surface area contributed by atoms with Crippen molar-refractivity contribution in [2.75, 3.05) is 0 Å². The molecule has 3 aromatic rings. The summed E-state index contributed by atoms with van der Waals surface area (Å²) in [6, 6.07) is 19.9. The average Bonchev–Trinajstić information content (AvgIpc) is 2.49. The van der Waals surface area contributed by atoms with E-state index in [0.717, 1.165) is 27.6 Å². The van der Waals surface area contributed by atoms with E-state index in [1.807, 2.05) is 55.5 Å². The molecule has 0 aromatic heterocycles. The molecule has 0 aliphatic rings. The van der Waals surface area contributed by atoms with E-state index in [-0.39, 0.29) is 6.61 Å². The molecule has 3 rings (SSSR count). The fourth-order valence-corrected chi connectivity index (χ4v) is 2.33. The Morgan fingerprint density at radius 3 is 2.55 bits per heavy atom. The monoisotopic (exact) mass is 264 g/mol. The van der Waals surface area contributed by atoms with E-state index in [1.165, 1.54) is 0 Å². The minimum atomic E-state index is -0.0260. The smallest absolute Gasteiger partial charge is 0.135 e. The molecule has 0 aliphatic carbocycles. The Kier molecular flexibility index (Phi) is 3.40. The van der Waals surface area contributed by atoms with Crippen molar-refractivity contribution < 1.29 is 9.84 Å². The topological polar surface area (TPSA) is 29.5 Å². The molecule has 0 amide bonds. The fraction of sp³-hybridized carbons (Fsp3) is 0.111. The molecule has 2 heteroatoms. The molecule has 0 radical (unpaired) electrons. The number of ether oxygens (including phenoxy) is 1. The van der Waals surface area contributed by atoms with Gasteiger partial charge in [-0.05, 0) is 24.4 Å². The predicted molar refractivity (Wildman–Crippen MR) is 81.1 cm³/mol. The van der Waals surface area contributed by atoms with Gasteiger partial charge in [-0.1, -0.05) is 54.1 Å². The van der Waals surface area contributed by atoms with Crippen molar-refractivity contribution in [2.24, 2.45) is 0 Å². The molecular weight excluding hydrogens is 248 g/mol. The van der Waals surface area contributed by atoms with E-state index >= 15 is 0 Å². The van der Waals surface area contributed by atoms with E-state index in [4.69, 9.17) is 4.74 Å². The lowest BCUT2D eigenvalue weighted by Gasteiger charge is -2.12. The Hall–Kier alpha value is -2.32. The first kappa shape index (κ1) is 12.7. The Bertz CT molecular complexity index is 742. The summed E-state index contributed by atoms with van der Waals surface area (Å²) < 4.78 is 6.01. The average molecular weight is 264 g/mol. The molecule has 0 saturated heterocycles. The lowest BCUT2D eigenvalue weighted by atomic mass is 10.1. The number of hydrogen-bond donors (Lipinski definition) is 1. The zero-order chi connectivity index (χ0) is 13.9. The van der Waals surface area contributed by atoms with Crippen LogP contribution < -0.4 is 4.74 Å². The molecule has 0 heterocycles. The molecular formula is C18H16O2. The van der Waals surface area contributed by atoms with Crippen molar-refractivity contribution >= 4 is 10.8 Å². The minimum absolute atomic E-state index is 0.0260. The lowest BCUT2D eigenvalue weighted by Crippen LogP contribution is -1.93. The predicted octanol–water partition coefficient (Wildman–Crippen LogP) is 4.43. The molecule has 3 aromatic carbocycles. The lowest BCUT2D eigenvalue weighted by molar-refractivity contribution is 0.276. The maximum Gasteiger partial charge on any atom is 0.135 e. The van der Waals surface area contributed by atoms with Crippen LogP contribution in [0.15, 0.2) is 60.7 Å². The number of aliphatic hydroxyl groups is 1. The van der Waals surface area contributed by atoms with Crippen molar-refractivity contribution in [1.82, 2.24) is 0 Å². The van der Waals surface area contributed by atoms with E-state index < -0.39 is 0 Å². The molecule has 20 heavy (non-hydrogen) atoms. The van der Waals surface area contributed by atoms with Gasteiger partial charge in [0.05, 0.1) is 6.61 Å². The maximum atomic E-state index is 9.45. The van der Waals surface area contributed by atoms with Crippen LogP contribution in [0.4, 0.5) is 0 Å². The van der Waals surface area contributed by atoms with E-state index in [2.05, 4.69) is 12.1 Å². The minimum Gasteiger partial charge on any atom is -0.456 e. The van der Waals surface area contributed by atoms with Gasteiger partial charge < -0.3 is 9.84 Å². The summed E-state index contributed by atoms with van der Waals surface area (Å²) in [5.41, 5.74) is 1.91. The fourth-order valence-electron chi connectivity index (χ4n) is 2.33. The third-order valence-corrected chi connectivity index (χ3v) is 3.36. The van der Waals surface area contributed by atoms with Crippen molar-refractivity contribution in [3.63, 3.8) is 0 Å². The van der Waals surface area contributed by atoms with Gasteiger partial charge in [0, 0.05) is 10.9 Å².